The summed E-state index contributed by atoms with van der Waals surface area (Å²) in [5.41, 5.74) is -0.402. The smallest absolute Gasteiger partial charge is 0.332 e. The maximum Gasteiger partial charge on any atom is 0.332 e. The molecule has 0 rings (SSSR count). The Morgan fingerprint density at radius 1 is 1.54 bits per heavy atom. The van der Waals surface area contributed by atoms with Crippen molar-refractivity contribution in [2.75, 3.05) is 13.2 Å². The third-order valence-corrected chi connectivity index (χ3v) is 1.18. The number of hydrogen-bond acceptors (Lipinski definition) is 3. The second-order valence-corrected chi connectivity index (χ2v) is 2.18. The minimum atomic E-state index is -2.68. The van der Waals surface area contributed by atoms with Crippen LogP contribution in [-0.2, 0) is 9.53 Å². The van der Waals surface area contributed by atoms with Gasteiger partial charge in [0, 0.05) is 12.6 Å². The van der Waals surface area contributed by atoms with E-state index in [-0.39, 0.29) is 6.61 Å². The predicted molar refractivity (Wildman–Crippen MR) is 44.4 cm³/mol. The lowest BCUT2D eigenvalue weighted by Crippen LogP contribution is -2.20. The van der Waals surface area contributed by atoms with E-state index in [1.54, 1.807) is 13.8 Å². The number of allylic oxidation sites excluding steroid dienone is 1. The third-order valence-electron chi connectivity index (χ3n) is 1.18. The first-order valence-corrected chi connectivity index (χ1v) is 4.02. The minimum absolute atomic E-state index is 0.179. The number of nitrogens with one attached hydrogen (secondary N) is 1. The highest BCUT2D eigenvalue weighted by molar-refractivity contribution is 5.82. The lowest BCUT2D eigenvalue weighted by Gasteiger charge is -2.06. The Morgan fingerprint density at radius 2 is 2.15 bits per heavy atom. The zero-order chi connectivity index (χ0) is 10.3. The van der Waals surface area contributed by atoms with Crippen molar-refractivity contribution in [3.8, 4) is 0 Å². The topological polar surface area (TPSA) is 38.3 Å². The van der Waals surface area contributed by atoms with E-state index < -0.39 is 18.1 Å². The molecule has 0 heterocycles. The molecule has 76 valence electrons. The maximum absolute atomic E-state index is 12.1. The number of halogens is 2. The maximum atomic E-state index is 12.1. The normalized spacial score (nSPS) is 11.6. The molecule has 0 aliphatic heterocycles. The van der Waals surface area contributed by atoms with Crippen LogP contribution in [-0.4, -0.2) is 25.5 Å². The second kappa shape index (κ2) is 6.39. The van der Waals surface area contributed by atoms with Crippen LogP contribution in [0.15, 0.2) is 11.8 Å². The highest BCUT2D eigenvalue weighted by Crippen LogP contribution is 2.04. The van der Waals surface area contributed by atoms with Gasteiger partial charge >= 0.3 is 5.97 Å². The van der Waals surface area contributed by atoms with Crippen molar-refractivity contribution in [1.82, 2.24) is 5.32 Å². The summed E-state index contributed by atoms with van der Waals surface area (Å²) in [6.07, 6.45) is -1.90. The van der Waals surface area contributed by atoms with E-state index in [0.717, 1.165) is 6.08 Å². The van der Waals surface area contributed by atoms with E-state index in [4.69, 9.17) is 0 Å². The van der Waals surface area contributed by atoms with Crippen molar-refractivity contribution in [3.05, 3.63) is 11.8 Å². The molecule has 0 aromatic carbocycles. The van der Waals surface area contributed by atoms with Crippen molar-refractivity contribution in [1.29, 1.82) is 0 Å². The molecule has 0 atom stereocenters. The van der Waals surface area contributed by atoms with Crippen LogP contribution in [0.3, 0.4) is 0 Å². The molecule has 0 radical (unpaired) electrons. The molecule has 1 N–H and O–H groups in total. The Hall–Kier alpha value is -1.13. The van der Waals surface area contributed by atoms with E-state index in [1.807, 2.05) is 0 Å². The first-order chi connectivity index (χ1) is 6.11. The van der Waals surface area contributed by atoms with Crippen molar-refractivity contribution < 1.29 is 18.3 Å². The molecule has 0 saturated carbocycles. The van der Waals surface area contributed by atoms with Crippen molar-refractivity contribution in [3.63, 3.8) is 0 Å². The van der Waals surface area contributed by atoms with Gasteiger partial charge in [0.1, 0.15) is 0 Å². The molecule has 0 aromatic rings. The van der Waals surface area contributed by atoms with Gasteiger partial charge in [0.2, 0.25) is 0 Å². The average molecular weight is 193 g/mol. The molecule has 0 amide bonds. The van der Waals surface area contributed by atoms with Gasteiger partial charge in [-0.1, -0.05) is 0 Å². The molecule has 0 spiro atoms. The summed E-state index contributed by atoms with van der Waals surface area (Å²) in [5, 5.41) is 2.38. The molecule has 0 bridgehead atoms. The first kappa shape index (κ1) is 11.9. The van der Waals surface area contributed by atoms with Gasteiger partial charge in [-0.2, -0.15) is 0 Å². The van der Waals surface area contributed by atoms with Gasteiger partial charge in [0.25, 0.3) is 6.43 Å². The van der Waals surface area contributed by atoms with Crippen LogP contribution >= 0.6 is 0 Å². The fraction of sp³-hybridized carbons (Fsp3) is 0.625. The summed E-state index contributed by atoms with van der Waals surface area (Å²) in [6.45, 7) is 3.80. The lowest BCUT2D eigenvalue weighted by molar-refractivity contribution is -0.137. The first-order valence-electron chi connectivity index (χ1n) is 4.02. The van der Waals surface area contributed by atoms with Gasteiger partial charge in [0.15, 0.2) is 0 Å². The lowest BCUT2D eigenvalue weighted by atomic mass is 10.4. The number of rotatable bonds is 5. The number of carbonyl (C=O) groups is 1. The summed E-state index contributed by atoms with van der Waals surface area (Å²) >= 11 is 0. The van der Waals surface area contributed by atoms with Crippen molar-refractivity contribution in [2.45, 2.75) is 20.3 Å². The van der Waals surface area contributed by atoms with Crippen molar-refractivity contribution in [2.24, 2.45) is 0 Å². The van der Waals surface area contributed by atoms with Gasteiger partial charge in [-0.15, -0.1) is 0 Å². The average Bonchev–Trinajstić information content (AvgIpc) is 2.04. The fourth-order valence-corrected chi connectivity index (χ4v) is 0.706. The Bertz CT molecular complexity index is 193. The third kappa shape index (κ3) is 5.16. The molecule has 5 heteroatoms. The van der Waals surface area contributed by atoms with Crippen LogP contribution in [0.2, 0.25) is 0 Å². The molecular weight excluding hydrogens is 180 g/mol. The molecule has 0 aliphatic carbocycles. The van der Waals surface area contributed by atoms with Gasteiger partial charge in [-0.25, -0.2) is 13.6 Å². The van der Waals surface area contributed by atoms with Crippen LogP contribution < -0.4 is 5.32 Å². The minimum Gasteiger partial charge on any atom is -0.463 e. The molecule has 13 heavy (non-hydrogen) atoms. The highest BCUT2D eigenvalue weighted by Gasteiger charge is 2.11. The summed E-state index contributed by atoms with van der Waals surface area (Å²) < 4.78 is 28.8. The SMILES string of the molecule is CCN/C(=C\C(=O)OCC)C(F)F. The second-order valence-electron chi connectivity index (χ2n) is 2.18. The monoisotopic (exact) mass is 193 g/mol. The predicted octanol–water partition coefficient (Wildman–Crippen LogP) is 1.31. The summed E-state index contributed by atoms with van der Waals surface area (Å²) in [6, 6.07) is 0. The summed E-state index contributed by atoms with van der Waals surface area (Å²) in [5.74, 6) is -0.751. The molecular formula is C8H13F2NO2. The van der Waals surface area contributed by atoms with E-state index in [1.165, 1.54) is 0 Å². The molecule has 0 aromatic heterocycles. The van der Waals surface area contributed by atoms with E-state index in [0.29, 0.717) is 6.54 Å². The number of esters is 1. The van der Waals surface area contributed by atoms with E-state index in [9.17, 15) is 13.6 Å². The Labute approximate surface area is 75.8 Å². The van der Waals surface area contributed by atoms with Crippen molar-refractivity contribution >= 4 is 5.97 Å². The molecule has 0 saturated heterocycles. The van der Waals surface area contributed by atoms with Gasteiger partial charge in [-0.05, 0) is 13.8 Å². The summed E-state index contributed by atoms with van der Waals surface area (Å²) in [4.78, 5) is 10.8. The zero-order valence-corrected chi connectivity index (χ0v) is 7.64. The molecule has 0 unspecified atom stereocenters. The fourth-order valence-electron chi connectivity index (χ4n) is 0.706. The Kier molecular flexibility index (Phi) is 5.84. The highest BCUT2D eigenvalue weighted by atomic mass is 19.3. The van der Waals surface area contributed by atoms with Gasteiger partial charge < -0.3 is 10.1 Å². The van der Waals surface area contributed by atoms with Gasteiger partial charge in [-0.3, -0.25) is 0 Å². The van der Waals surface area contributed by atoms with Crippen LogP contribution in [0.5, 0.6) is 0 Å². The van der Waals surface area contributed by atoms with E-state index >= 15 is 0 Å². The zero-order valence-electron chi connectivity index (χ0n) is 7.64. The van der Waals surface area contributed by atoms with Crippen LogP contribution in [0.4, 0.5) is 8.78 Å². The standard InChI is InChI=1S/C8H13F2NO2/c1-3-11-6(8(9)10)5-7(12)13-4-2/h5,8,11H,3-4H2,1-2H3/b6-5-. The van der Waals surface area contributed by atoms with Crippen LogP contribution in [0.1, 0.15) is 13.8 Å². The Balaban J connectivity index is 4.25. The Morgan fingerprint density at radius 3 is 2.54 bits per heavy atom. The van der Waals surface area contributed by atoms with E-state index in [2.05, 4.69) is 10.1 Å². The van der Waals surface area contributed by atoms with Gasteiger partial charge in [0.05, 0.1) is 12.3 Å². The summed E-state index contributed by atoms with van der Waals surface area (Å²) in [7, 11) is 0. The number of carbonyl (C=O) groups excluding carboxylic acids is 1. The quantitative estimate of drug-likeness (QED) is 0.528. The molecule has 0 aliphatic rings. The number of ether oxygens (including phenoxy) is 1. The number of hydrogen-bond donors (Lipinski definition) is 1. The van der Waals surface area contributed by atoms with Crippen LogP contribution in [0.25, 0.3) is 0 Å². The molecule has 3 nitrogen and oxygen atoms in total. The number of alkyl halides is 2. The molecule has 0 fully saturated rings. The largest absolute Gasteiger partial charge is 0.463 e. The van der Waals surface area contributed by atoms with Crippen LogP contribution in [0, 0.1) is 0 Å².